The molecule has 32 heavy (non-hydrogen) atoms. The van der Waals surface area contributed by atoms with E-state index in [0.29, 0.717) is 30.9 Å². The minimum absolute atomic E-state index is 0.0189. The molecule has 4 bridgehead atoms. The number of halogens is 1. The van der Waals surface area contributed by atoms with E-state index in [-0.39, 0.29) is 20.5 Å². The molecule has 6 nitrogen and oxygen atoms in total. The van der Waals surface area contributed by atoms with Crippen LogP contribution in [0.2, 0.25) is 0 Å². The van der Waals surface area contributed by atoms with Crippen LogP contribution in [0.3, 0.4) is 0 Å². The van der Waals surface area contributed by atoms with E-state index in [1.54, 1.807) is 18.2 Å². The first-order chi connectivity index (χ1) is 15.2. The maximum Gasteiger partial charge on any atom is 0.246 e. The molecule has 4 saturated carbocycles. The number of alkyl halides is 1. The Bertz CT molecular complexity index is 991. The van der Waals surface area contributed by atoms with Gasteiger partial charge in [0.2, 0.25) is 15.9 Å². The van der Waals surface area contributed by atoms with Crippen LogP contribution in [0.4, 0.5) is 5.69 Å². The Kier molecular flexibility index (Phi) is 5.86. The van der Waals surface area contributed by atoms with Crippen molar-refractivity contribution in [3.63, 3.8) is 0 Å². The summed E-state index contributed by atoms with van der Waals surface area (Å²) < 4.78 is 33.6. The summed E-state index contributed by atoms with van der Waals surface area (Å²) in [5.41, 5.74) is 0.594. The van der Waals surface area contributed by atoms with Gasteiger partial charge in [-0.25, -0.2) is 8.42 Å². The normalized spacial score (nSPS) is 34.4. The van der Waals surface area contributed by atoms with Crippen molar-refractivity contribution in [2.45, 2.75) is 73.4 Å². The van der Waals surface area contributed by atoms with Crippen molar-refractivity contribution in [1.82, 2.24) is 4.31 Å². The maximum absolute atomic E-state index is 13.3. The standard InChI is InChI=1S/C24H33BrN2O4S/c1-31-20-6-5-19(10-21(20)32(29,30)27-7-3-2-4-8-27)26-22(28)15-23-11-17-9-18(12-23)14-24(25,13-17)16-23/h5-6,10,17-18H,2-4,7-9,11-16H2,1H3,(H,26,28). The summed E-state index contributed by atoms with van der Waals surface area (Å²) in [6.45, 7) is 1.06. The molecule has 4 aliphatic carbocycles. The summed E-state index contributed by atoms with van der Waals surface area (Å²) in [4.78, 5) is 13.2. The van der Waals surface area contributed by atoms with E-state index in [0.717, 1.165) is 50.4 Å². The molecule has 0 aromatic heterocycles. The number of hydrogen-bond acceptors (Lipinski definition) is 4. The summed E-state index contributed by atoms with van der Waals surface area (Å²) >= 11 is 4.02. The van der Waals surface area contributed by atoms with E-state index in [2.05, 4.69) is 21.2 Å². The van der Waals surface area contributed by atoms with Gasteiger partial charge in [0.05, 0.1) is 7.11 Å². The average Bonchev–Trinajstić information content (AvgIpc) is 2.72. The van der Waals surface area contributed by atoms with Gasteiger partial charge in [-0.1, -0.05) is 22.4 Å². The molecule has 176 valence electrons. The lowest BCUT2D eigenvalue weighted by atomic mass is 9.48. The van der Waals surface area contributed by atoms with Crippen molar-refractivity contribution in [2.75, 3.05) is 25.5 Å². The zero-order valence-electron chi connectivity index (χ0n) is 18.7. The Labute approximate surface area is 199 Å². The highest BCUT2D eigenvalue weighted by atomic mass is 79.9. The minimum Gasteiger partial charge on any atom is -0.495 e. The molecule has 1 heterocycles. The molecule has 1 aromatic carbocycles. The third-order valence-electron chi connectivity index (χ3n) is 8.03. The lowest BCUT2D eigenvalue weighted by Crippen LogP contribution is -2.53. The number of piperidine rings is 1. The molecule has 5 fully saturated rings. The van der Waals surface area contributed by atoms with Crippen LogP contribution in [-0.2, 0) is 14.8 Å². The Balaban J connectivity index is 1.33. The summed E-state index contributed by atoms with van der Waals surface area (Å²) in [5.74, 6) is 1.75. The first kappa shape index (κ1) is 22.7. The zero-order valence-corrected chi connectivity index (χ0v) is 21.1. The molecule has 1 aliphatic heterocycles. The number of carbonyl (C=O) groups is 1. The number of hydrogen-bond donors (Lipinski definition) is 1. The molecule has 2 unspecified atom stereocenters. The number of nitrogens with one attached hydrogen (secondary N) is 1. The summed E-state index contributed by atoms with van der Waals surface area (Å²) in [6, 6.07) is 4.94. The van der Waals surface area contributed by atoms with Crippen molar-refractivity contribution in [1.29, 1.82) is 0 Å². The van der Waals surface area contributed by atoms with E-state index in [1.165, 1.54) is 30.7 Å². The topological polar surface area (TPSA) is 75.7 Å². The van der Waals surface area contributed by atoms with Gasteiger partial charge in [0.25, 0.3) is 0 Å². The predicted molar refractivity (Wildman–Crippen MR) is 128 cm³/mol. The van der Waals surface area contributed by atoms with Crippen molar-refractivity contribution in [3.05, 3.63) is 18.2 Å². The SMILES string of the molecule is COc1ccc(NC(=O)CC23CC4CC(CC(Br)(C4)C2)C3)cc1S(=O)(=O)N1CCCCC1. The van der Waals surface area contributed by atoms with Crippen LogP contribution in [-0.4, -0.2) is 43.2 Å². The summed E-state index contributed by atoms with van der Waals surface area (Å²) in [6.07, 6.45) is 10.4. The fourth-order valence-corrected chi connectivity index (χ4v) is 10.5. The molecular weight excluding hydrogens is 492 g/mol. The first-order valence-corrected chi connectivity index (χ1v) is 14.1. The summed E-state index contributed by atoms with van der Waals surface area (Å²) in [7, 11) is -2.19. The molecule has 8 heteroatoms. The smallest absolute Gasteiger partial charge is 0.246 e. The monoisotopic (exact) mass is 524 g/mol. The van der Waals surface area contributed by atoms with Gasteiger partial charge in [-0.15, -0.1) is 0 Å². The highest BCUT2D eigenvalue weighted by molar-refractivity contribution is 9.10. The molecule has 1 amide bonds. The van der Waals surface area contributed by atoms with Gasteiger partial charge in [-0.2, -0.15) is 4.31 Å². The number of sulfonamides is 1. The predicted octanol–water partition coefficient (Wildman–Crippen LogP) is 4.93. The molecule has 0 radical (unpaired) electrons. The molecule has 1 aromatic rings. The second-order valence-electron chi connectivity index (χ2n) is 10.7. The van der Waals surface area contributed by atoms with Crippen LogP contribution in [0.5, 0.6) is 5.75 Å². The third-order valence-corrected chi connectivity index (χ3v) is 10.9. The van der Waals surface area contributed by atoms with Crippen LogP contribution < -0.4 is 10.1 Å². The molecule has 2 atom stereocenters. The van der Waals surface area contributed by atoms with Crippen molar-refractivity contribution < 1.29 is 17.9 Å². The Morgan fingerprint density at radius 3 is 2.47 bits per heavy atom. The highest BCUT2D eigenvalue weighted by Gasteiger charge is 2.57. The number of nitrogens with zero attached hydrogens (tertiary/aromatic N) is 1. The van der Waals surface area contributed by atoms with Crippen molar-refractivity contribution >= 4 is 37.5 Å². The van der Waals surface area contributed by atoms with Crippen molar-refractivity contribution in [3.8, 4) is 5.75 Å². The fraction of sp³-hybridized carbons (Fsp3) is 0.708. The molecule has 5 aliphatic rings. The molecular formula is C24H33BrN2O4S. The lowest BCUT2D eigenvalue weighted by Gasteiger charge is -2.60. The zero-order chi connectivity index (χ0) is 22.6. The average molecular weight is 526 g/mol. The van der Waals surface area contributed by atoms with Crippen LogP contribution in [0.25, 0.3) is 0 Å². The van der Waals surface area contributed by atoms with Crippen LogP contribution in [0, 0.1) is 17.3 Å². The van der Waals surface area contributed by atoms with E-state index in [1.807, 2.05) is 0 Å². The second kappa shape index (κ2) is 8.27. The van der Waals surface area contributed by atoms with Gasteiger partial charge in [-0.3, -0.25) is 4.79 Å². The second-order valence-corrected chi connectivity index (χ2v) is 14.3. The van der Waals surface area contributed by atoms with Gasteiger partial charge in [0.1, 0.15) is 10.6 Å². The van der Waals surface area contributed by atoms with Gasteiger partial charge in [0.15, 0.2) is 0 Å². The minimum atomic E-state index is -3.66. The van der Waals surface area contributed by atoms with E-state index < -0.39 is 10.0 Å². The van der Waals surface area contributed by atoms with Gasteiger partial charge in [-0.05, 0) is 86.8 Å². The molecule has 6 rings (SSSR count). The maximum atomic E-state index is 13.3. The van der Waals surface area contributed by atoms with E-state index >= 15 is 0 Å². The number of methoxy groups -OCH3 is 1. The van der Waals surface area contributed by atoms with Gasteiger partial charge < -0.3 is 10.1 Å². The Morgan fingerprint density at radius 1 is 1.16 bits per heavy atom. The number of amides is 1. The molecule has 1 N–H and O–H groups in total. The quantitative estimate of drug-likeness (QED) is 0.535. The lowest BCUT2D eigenvalue weighted by molar-refractivity contribution is -0.123. The van der Waals surface area contributed by atoms with Crippen LogP contribution in [0.15, 0.2) is 23.1 Å². The van der Waals surface area contributed by atoms with Gasteiger partial charge >= 0.3 is 0 Å². The van der Waals surface area contributed by atoms with E-state index in [4.69, 9.17) is 4.74 Å². The van der Waals surface area contributed by atoms with Crippen LogP contribution >= 0.6 is 15.9 Å². The number of rotatable bonds is 6. The van der Waals surface area contributed by atoms with Crippen molar-refractivity contribution in [2.24, 2.45) is 17.3 Å². The fourth-order valence-electron chi connectivity index (χ4n) is 7.29. The molecule has 1 saturated heterocycles. The number of benzene rings is 1. The highest BCUT2D eigenvalue weighted by Crippen LogP contribution is 2.65. The number of carbonyl (C=O) groups excluding carboxylic acids is 1. The van der Waals surface area contributed by atoms with Crippen LogP contribution in [0.1, 0.15) is 64.2 Å². The Morgan fingerprint density at radius 2 is 1.84 bits per heavy atom. The third kappa shape index (κ3) is 4.23. The first-order valence-electron chi connectivity index (χ1n) is 11.9. The number of anilines is 1. The Hall–Kier alpha value is -1.12. The largest absolute Gasteiger partial charge is 0.495 e. The number of ether oxygens (including phenoxy) is 1. The molecule has 0 spiro atoms. The van der Waals surface area contributed by atoms with E-state index in [9.17, 15) is 13.2 Å². The summed E-state index contributed by atoms with van der Waals surface area (Å²) in [5, 5.41) is 3.00. The van der Waals surface area contributed by atoms with Gasteiger partial charge in [0, 0.05) is 29.5 Å².